The number of halogens is 2. The molecule has 0 aliphatic carbocycles. The van der Waals surface area contributed by atoms with Gasteiger partial charge in [0.25, 0.3) is 0 Å². The Morgan fingerprint density at radius 3 is 2.82 bits per heavy atom. The first-order valence-corrected chi connectivity index (χ1v) is 5.38. The van der Waals surface area contributed by atoms with E-state index in [0.29, 0.717) is 17.0 Å². The van der Waals surface area contributed by atoms with Gasteiger partial charge in [0, 0.05) is 11.8 Å². The van der Waals surface area contributed by atoms with Crippen LogP contribution in [-0.4, -0.2) is 15.1 Å². The average Bonchev–Trinajstić information content (AvgIpc) is 2.28. The molecular formula is C12H10ClFN2O. The van der Waals surface area contributed by atoms with Gasteiger partial charge in [-0.25, -0.2) is 14.4 Å². The highest BCUT2D eigenvalue weighted by Crippen LogP contribution is 2.26. The molecule has 0 aliphatic heterocycles. The molecule has 1 heterocycles. The molecule has 0 radical (unpaired) electrons. The molecule has 1 aromatic heterocycles. The smallest absolute Gasteiger partial charge is 0.138 e. The summed E-state index contributed by atoms with van der Waals surface area (Å²) < 4.78 is 13.0. The number of aryl methyl sites for hydroxylation is 1. The van der Waals surface area contributed by atoms with Crippen molar-refractivity contribution in [1.29, 1.82) is 0 Å². The Morgan fingerprint density at radius 2 is 2.18 bits per heavy atom. The van der Waals surface area contributed by atoms with Gasteiger partial charge in [-0.2, -0.15) is 0 Å². The summed E-state index contributed by atoms with van der Waals surface area (Å²) in [4.78, 5) is 7.90. The molecular weight excluding hydrogens is 243 g/mol. The lowest BCUT2D eigenvalue weighted by molar-refractivity contribution is 0.219. The van der Waals surface area contributed by atoms with Crippen LogP contribution in [0.25, 0.3) is 0 Å². The van der Waals surface area contributed by atoms with Crippen LogP contribution < -0.4 is 0 Å². The van der Waals surface area contributed by atoms with Crippen molar-refractivity contribution in [2.75, 3.05) is 0 Å². The van der Waals surface area contributed by atoms with Gasteiger partial charge in [0.1, 0.15) is 22.9 Å². The number of rotatable bonds is 2. The fraction of sp³-hybridized carbons (Fsp3) is 0.167. The third-order valence-corrected chi connectivity index (χ3v) is 2.65. The maximum absolute atomic E-state index is 13.0. The first-order valence-electron chi connectivity index (χ1n) is 5.00. The summed E-state index contributed by atoms with van der Waals surface area (Å²) in [6.07, 6.45) is 0.416. The number of aromatic nitrogens is 2. The Hall–Kier alpha value is -1.52. The number of nitrogens with zero attached hydrogens (tertiary/aromatic N) is 2. The van der Waals surface area contributed by atoms with Crippen molar-refractivity contribution >= 4 is 11.6 Å². The van der Waals surface area contributed by atoms with Crippen LogP contribution >= 0.6 is 11.6 Å². The van der Waals surface area contributed by atoms with Gasteiger partial charge in [-0.05, 0) is 24.6 Å². The maximum atomic E-state index is 13.0. The molecule has 1 N–H and O–H groups in total. The van der Waals surface area contributed by atoms with Crippen LogP contribution in [-0.2, 0) is 0 Å². The summed E-state index contributed by atoms with van der Waals surface area (Å²) in [5, 5.41) is 10.2. The van der Waals surface area contributed by atoms with Gasteiger partial charge in [-0.15, -0.1) is 0 Å². The van der Waals surface area contributed by atoms with Gasteiger partial charge < -0.3 is 5.11 Å². The minimum absolute atomic E-state index is 0.175. The van der Waals surface area contributed by atoms with Gasteiger partial charge in [-0.3, -0.25) is 0 Å². The molecule has 0 aliphatic rings. The monoisotopic (exact) mass is 252 g/mol. The number of hydrogen-bond donors (Lipinski definition) is 1. The van der Waals surface area contributed by atoms with E-state index in [0.717, 1.165) is 0 Å². The first-order chi connectivity index (χ1) is 8.08. The lowest BCUT2D eigenvalue weighted by Crippen LogP contribution is -2.04. The van der Waals surface area contributed by atoms with Gasteiger partial charge in [0.2, 0.25) is 0 Å². The second kappa shape index (κ2) is 4.77. The zero-order chi connectivity index (χ0) is 12.4. The van der Waals surface area contributed by atoms with E-state index in [-0.39, 0.29) is 5.15 Å². The quantitative estimate of drug-likeness (QED) is 0.836. The predicted molar refractivity (Wildman–Crippen MR) is 62.2 cm³/mol. The molecule has 2 aromatic rings. The number of hydrogen-bond acceptors (Lipinski definition) is 3. The highest BCUT2D eigenvalue weighted by atomic mass is 35.5. The third-order valence-electron chi connectivity index (χ3n) is 2.35. The summed E-state index contributed by atoms with van der Waals surface area (Å²) in [5.74, 6) is 0.107. The lowest BCUT2D eigenvalue weighted by atomic mass is 10.0. The van der Waals surface area contributed by atoms with E-state index in [9.17, 15) is 9.50 Å². The van der Waals surface area contributed by atoms with E-state index in [1.807, 2.05) is 0 Å². The second-order valence-electron chi connectivity index (χ2n) is 3.62. The maximum Gasteiger partial charge on any atom is 0.138 e. The van der Waals surface area contributed by atoms with E-state index in [1.54, 1.807) is 13.0 Å². The minimum atomic E-state index is -1.03. The highest BCUT2D eigenvalue weighted by Gasteiger charge is 2.16. The average molecular weight is 253 g/mol. The van der Waals surface area contributed by atoms with Crippen molar-refractivity contribution in [3.63, 3.8) is 0 Å². The van der Waals surface area contributed by atoms with Crippen molar-refractivity contribution in [3.8, 4) is 0 Å². The van der Waals surface area contributed by atoms with Crippen LogP contribution in [0.5, 0.6) is 0 Å². The molecule has 0 fully saturated rings. The Morgan fingerprint density at radius 1 is 1.41 bits per heavy atom. The van der Waals surface area contributed by atoms with Gasteiger partial charge in [0.05, 0.1) is 0 Å². The minimum Gasteiger partial charge on any atom is -0.383 e. The van der Waals surface area contributed by atoms with Gasteiger partial charge in [0.15, 0.2) is 0 Å². The Kier molecular flexibility index (Phi) is 3.36. The fourth-order valence-corrected chi connectivity index (χ4v) is 1.77. The molecule has 88 valence electrons. The molecule has 3 nitrogen and oxygen atoms in total. The summed E-state index contributed by atoms with van der Waals surface area (Å²) in [5.41, 5.74) is 0.780. The van der Waals surface area contributed by atoms with E-state index >= 15 is 0 Å². The zero-order valence-corrected chi connectivity index (χ0v) is 9.82. The number of aliphatic hydroxyl groups excluding tert-OH is 1. The van der Waals surface area contributed by atoms with Crippen molar-refractivity contribution < 1.29 is 9.50 Å². The Bertz CT molecular complexity index is 548. The molecule has 0 amide bonds. The van der Waals surface area contributed by atoms with Crippen LogP contribution in [0.15, 0.2) is 30.5 Å². The summed E-state index contributed by atoms with van der Waals surface area (Å²) >= 11 is 5.91. The fourth-order valence-electron chi connectivity index (χ4n) is 1.49. The van der Waals surface area contributed by atoms with Gasteiger partial charge in [-0.1, -0.05) is 23.7 Å². The summed E-state index contributed by atoms with van der Waals surface area (Å²) in [7, 11) is 0. The molecule has 1 unspecified atom stereocenters. The number of benzene rings is 1. The molecule has 0 spiro atoms. The molecule has 5 heteroatoms. The van der Waals surface area contributed by atoms with Crippen LogP contribution in [0.3, 0.4) is 0 Å². The largest absolute Gasteiger partial charge is 0.383 e. The molecule has 0 saturated carbocycles. The topological polar surface area (TPSA) is 46.0 Å². The standard InChI is InChI=1S/C12H10ClFN2O/c1-7-15-6-10(12(13)16-7)11(17)8-3-2-4-9(14)5-8/h2-6,11,17H,1H3. The molecule has 2 rings (SSSR count). The molecule has 0 bridgehead atoms. The van der Waals surface area contributed by atoms with Crippen LogP contribution in [0, 0.1) is 12.7 Å². The first kappa shape index (κ1) is 12.0. The third kappa shape index (κ3) is 2.60. The van der Waals surface area contributed by atoms with Crippen LogP contribution in [0.4, 0.5) is 4.39 Å². The second-order valence-corrected chi connectivity index (χ2v) is 3.98. The molecule has 1 aromatic carbocycles. The zero-order valence-electron chi connectivity index (χ0n) is 9.06. The van der Waals surface area contributed by atoms with Crippen molar-refractivity contribution in [1.82, 2.24) is 9.97 Å². The highest BCUT2D eigenvalue weighted by molar-refractivity contribution is 6.30. The SMILES string of the molecule is Cc1ncc(C(O)c2cccc(F)c2)c(Cl)n1. The van der Waals surface area contributed by atoms with Crippen molar-refractivity contribution in [2.45, 2.75) is 13.0 Å². The van der Waals surface area contributed by atoms with E-state index in [1.165, 1.54) is 24.4 Å². The van der Waals surface area contributed by atoms with E-state index in [2.05, 4.69) is 9.97 Å². The van der Waals surface area contributed by atoms with E-state index < -0.39 is 11.9 Å². The van der Waals surface area contributed by atoms with Crippen molar-refractivity contribution in [2.24, 2.45) is 0 Å². The summed E-state index contributed by atoms with van der Waals surface area (Å²) in [6.45, 7) is 1.70. The Labute approximate surface area is 103 Å². The van der Waals surface area contributed by atoms with Crippen LogP contribution in [0.1, 0.15) is 23.1 Å². The molecule has 1 atom stereocenters. The lowest BCUT2D eigenvalue weighted by Gasteiger charge is -2.12. The Balaban J connectivity index is 2.40. The summed E-state index contributed by atoms with van der Waals surface area (Å²) in [6, 6.07) is 5.70. The molecule has 0 saturated heterocycles. The van der Waals surface area contributed by atoms with Crippen LogP contribution in [0.2, 0.25) is 5.15 Å². The van der Waals surface area contributed by atoms with Crippen molar-refractivity contribution in [3.05, 3.63) is 58.4 Å². The van der Waals surface area contributed by atoms with Gasteiger partial charge >= 0.3 is 0 Å². The predicted octanol–water partition coefficient (Wildman–Crippen LogP) is 2.66. The molecule has 17 heavy (non-hydrogen) atoms. The van der Waals surface area contributed by atoms with E-state index in [4.69, 9.17) is 11.6 Å². The number of aliphatic hydroxyl groups is 1. The normalized spacial score (nSPS) is 12.5.